The van der Waals surface area contributed by atoms with Gasteiger partial charge in [0.05, 0.1) is 19.3 Å². The van der Waals surface area contributed by atoms with E-state index in [9.17, 15) is 52.8 Å². The van der Waals surface area contributed by atoms with Crippen molar-refractivity contribution >= 4 is 31.3 Å². The number of phosphoric acid groups is 4. The summed E-state index contributed by atoms with van der Waals surface area (Å²) in [5.41, 5.74) is -3.04. The minimum absolute atomic E-state index is 0.0882. The predicted octanol–water partition coefficient (Wildman–Crippen LogP) is -4.21. The summed E-state index contributed by atoms with van der Waals surface area (Å²) in [6, 6.07) is 2.03. The molecule has 31 heteroatoms. The number of aromatic nitrogens is 4. The monoisotopic (exact) mass is 792 g/mol. The first kappa shape index (κ1) is 41.1. The highest BCUT2D eigenvalue weighted by atomic mass is 31.3. The van der Waals surface area contributed by atoms with Crippen molar-refractivity contribution in [1.82, 2.24) is 19.1 Å². The van der Waals surface area contributed by atoms with E-state index in [0.29, 0.717) is 0 Å². The number of aliphatic hydroxyl groups is 3. The zero-order valence-corrected chi connectivity index (χ0v) is 27.5. The van der Waals surface area contributed by atoms with Gasteiger partial charge in [0.1, 0.15) is 30.6 Å². The highest BCUT2D eigenvalue weighted by molar-refractivity contribution is 7.61. The molecule has 0 spiro atoms. The lowest BCUT2D eigenvalue weighted by molar-refractivity contribution is -0.0542. The van der Waals surface area contributed by atoms with E-state index in [1.807, 2.05) is 9.97 Å². The second kappa shape index (κ2) is 15.9. The van der Waals surface area contributed by atoms with Gasteiger partial charge >= 0.3 is 42.7 Å². The number of aliphatic hydroxyl groups excluding tert-OH is 3. The normalized spacial score (nSPS) is 28.3. The number of H-pyrrole nitrogens is 2. The first-order chi connectivity index (χ1) is 22.4. The fourth-order valence-electron chi connectivity index (χ4n) is 4.07. The van der Waals surface area contributed by atoms with Gasteiger partial charge in [-0.25, -0.2) is 27.8 Å². The summed E-state index contributed by atoms with van der Waals surface area (Å²) in [5, 5.41) is 29.6. The number of hydrogen-bond donors (Lipinski definition) is 11. The van der Waals surface area contributed by atoms with Gasteiger partial charge in [-0.2, -0.15) is 8.62 Å². The predicted molar refractivity (Wildman–Crippen MR) is 151 cm³/mol. The van der Waals surface area contributed by atoms with Gasteiger partial charge in [0.25, 0.3) is 11.1 Å². The SMILES string of the molecule is O=c1ccn([C@@H]2O[C@H](COP(=O)(O)OP(=O)(O)O)[C@@H](O)[C@H]2O)c(=O)[nH]1.O=c1ccn([C@H]2C[C@H](O)[C@@H](COP(=O)(O)OP(=O)(O)O)O2)c(=O)[nH]1. The van der Waals surface area contributed by atoms with Crippen LogP contribution < -0.4 is 22.5 Å². The fraction of sp³-hybridized carbons (Fsp3) is 0.556. The van der Waals surface area contributed by atoms with Gasteiger partial charge in [-0.1, -0.05) is 0 Å². The molecule has 2 unspecified atom stereocenters. The number of rotatable bonds is 12. The van der Waals surface area contributed by atoms with Crippen LogP contribution >= 0.6 is 31.3 Å². The van der Waals surface area contributed by atoms with Crippen molar-refractivity contribution in [2.24, 2.45) is 0 Å². The number of ether oxygens (including phenoxy) is 2. The van der Waals surface area contributed by atoms with Gasteiger partial charge in [-0.3, -0.25) is 37.7 Å². The van der Waals surface area contributed by atoms with Crippen molar-refractivity contribution in [2.45, 2.75) is 49.4 Å². The Hall–Kier alpha value is -2.32. The van der Waals surface area contributed by atoms with E-state index < -0.39 is 110 Å². The smallest absolute Gasteiger partial charge is 0.390 e. The standard InChI is InChI=1S/C9H14N2O12P2.C9H14N2O11P2/c12-5-1-2-11(9(15)10-5)8-7(14)6(13)4(22-8)3-21-25(19,20)23-24(16,17)18;12-5-3-8(11-2-1-7(13)10-9(11)14)21-6(5)4-20-24(18,19)22-23(15,16)17/h1-2,4,6-8,13-14H,3H2,(H,19,20)(H,10,12,15)(H2,16,17,18);1-2,5-6,8,12H,3-4H2,(H,18,19)(H,10,13,14)(H2,15,16,17)/t4-,6-,7-,8-;5-,6+,8+/m10/s1. The molecule has 0 bridgehead atoms. The highest BCUT2D eigenvalue weighted by Crippen LogP contribution is 2.58. The van der Waals surface area contributed by atoms with Crippen LogP contribution in [0.3, 0.4) is 0 Å². The second-order valence-corrected chi connectivity index (χ2v) is 15.3. The van der Waals surface area contributed by atoms with Crippen LogP contribution in [0.25, 0.3) is 0 Å². The Morgan fingerprint density at radius 1 is 0.694 bits per heavy atom. The highest BCUT2D eigenvalue weighted by Gasteiger charge is 2.46. The van der Waals surface area contributed by atoms with E-state index in [2.05, 4.69) is 17.7 Å². The van der Waals surface area contributed by atoms with E-state index in [4.69, 9.17) is 38.8 Å². The maximum Gasteiger partial charge on any atom is 0.481 e. The zero-order chi connectivity index (χ0) is 37.1. The van der Waals surface area contributed by atoms with Gasteiger partial charge < -0.3 is 54.2 Å². The molecule has 0 aromatic carbocycles. The van der Waals surface area contributed by atoms with Gasteiger partial charge in [-0.15, -0.1) is 0 Å². The average molecular weight is 792 g/mol. The Kier molecular flexibility index (Phi) is 13.4. The molecular weight excluding hydrogens is 764 g/mol. The van der Waals surface area contributed by atoms with Crippen LogP contribution in [0.5, 0.6) is 0 Å². The van der Waals surface area contributed by atoms with Crippen LogP contribution in [0, 0.1) is 0 Å². The molecule has 2 aromatic heterocycles. The zero-order valence-electron chi connectivity index (χ0n) is 23.9. The van der Waals surface area contributed by atoms with Crippen molar-refractivity contribution < 1.29 is 90.1 Å². The van der Waals surface area contributed by atoms with Crippen molar-refractivity contribution in [2.75, 3.05) is 13.2 Å². The first-order valence-electron chi connectivity index (χ1n) is 12.8. The summed E-state index contributed by atoms with van der Waals surface area (Å²) in [5.74, 6) is 0. The maximum atomic E-state index is 11.7. The molecule has 0 aliphatic carbocycles. The number of hydrogen-bond acceptors (Lipinski definition) is 17. The molecule has 11 N–H and O–H groups in total. The Balaban J connectivity index is 0.000000266. The van der Waals surface area contributed by atoms with Crippen LogP contribution in [0.15, 0.2) is 43.7 Å². The molecule has 0 saturated carbocycles. The van der Waals surface area contributed by atoms with Crippen LogP contribution in [0.4, 0.5) is 0 Å². The Labute approximate surface area is 269 Å². The third kappa shape index (κ3) is 12.4. The largest absolute Gasteiger partial charge is 0.481 e. The van der Waals surface area contributed by atoms with Crippen LogP contribution in [0.2, 0.25) is 0 Å². The average Bonchev–Trinajstić information content (AvgIpc) is 3.42. The Morgan fingerprint density at radius 3 is 1.59 bits per heavy atom. The van der Waals surface area contributed by atoms with Crippen molar-refractivity contribution in [1.29, 1.82) is 0 Å². The molecule has 278 valence electrons. The van der Waals surface area contributed by atoms with Crippen molar-refractivity contribution in [3.8, 4) is 0 Å². The maximum absolute atomic E-state index is 11.7. The summed E-state index contributed by atoms with van der Waals surface area (Å²) < 4.78 is 71.7. The lowest BCUT2D eigenvalue weighted by Crippen LogP contribution is -2.37. The van der Waals surface area contributed by atoms with E-state index in [1.54, 1.807) is 0 Å². The molecule has 27 nitrogen and oxygen atoms in total. The minimum atomic E-state index is -5.32. The third-order valence-corrected chi connectivity index (χ3v) is 10.4. The summed E-state index contributed by atoms with van der Waals surface area (Å²) in [4.78, 5) is 101. The Bertz CT molecular complexity index is 1900. The molecule has 0 radical (unpaired) electrons. The van der Waals surface area contributed by atoms with Gasteiger partial charge in [0.15, 0.2) is 6.23 Å². The first-order valence-corrected chi connectivity index (χ1v) is 18.9. The summed E-state index contributed by atoms with van der Waals surface area (Å²) in [7, 11) is -20.8. The van der Waals surface area contributed by atoms with E-state index in [1.165, 1.54) is 0 Å². The van der Waals surface area contributed by atoms with Crippen LogP contribution in [0.1, 0.15) is 18.9 Å². The van der Waals surface area contributed by atoms with E-state index in [-0.39, 0.29) is 6.42 Å². The lowest BCUT2D eigenvalue weighted by Gasteiger charge is -2.18. The second-order valence-electron chi connectivity index (χ2n) is 9.69. The Morgan fingerprint density at radius 2 is 1.14 bits per heavy atom. The lowest BCUT2D eigenvalue weighted by atomic mass is 10.1. The topological polar surface area (TPSA) is 415 Å². The van der Waals surface area contributed by atoms with Crippen LogP contribution in [-0.2, 0) is 45.4 Å². The molecule has 4 rings (SSSR count). The summed E-state index contributed by atoms with van der Waals surface area (Å²) >= 11 is 0. The third-order valence-electron chi connectivity index (χ3n) is 6.05. The molecule has 2 aromatic rings. The molecular formula is C18H28N4O23P4. The molecule has 2 aliphatic heterocycles. The van der Waals surface area contributed by atoms with E-state index >= 15 is 0 Å². The molecule has 2 saturated heterocycles. The van der Waals surface area contributed by atoms with Gasteiger partial charge in [0, 0.05) is 30.9 Å². The van der Waals surface area contributed by atoms with Gasteiger partial charge in [-0.05, 0) is 0 Å². The van der Waals surface area contributed by atoms with Crippen molar-refractivity contribution in [3.05, 3.63) is 66.2 Å². The molecule has 4 heterocycles. The quantitative estimate of drug-likeness (QED) is 0.0907. The number of nitrogens with zero attached hydrogens (tertiary/aromatic N) is 2. The molecule has 49 heavy (non-hydrogen) atoms. The number of phosphoric ester groups is 2. The molecule has 2 aliphatic rings. The molecule has 9 atom stereocenters. The molecule has 0 amide bonds. The summed E-state index contributed by atoms with van der Waals surface area (Å²) in [6.45, 7) is -1.63. The minimum Gasteiger partial charge on any atom is -0.390 e. The van der Waals surface area contributed by atoms with Gasteiger partial charge in [0.2, 0.25) is 0 Å². The fourth-order valence-corrected chi connectivity index (χ4v) is 7.26. The molecule has 2 fully saturated rings. The van der Waals surface area contributed by atoms with E-state index in [0.717, 1.165) is 33.7 Å². The number of nitrogens with one attached hydrogen (secondary N) is 2. The number of aromatic amines is 2. The van der Waals surface area contributed by atoms with Crippen molar-refractivity contribution in [3.63, 3.8) is 0 Å². The van der Waals surface area contributed by atoms with Crippen LogP contribution in [-0.4, -0.2) is 108 Å². The summed E-state index contributed by atoms with van der Waals surface area (Å²) in [6.07, 6.45) is -7.54.